The molecule has 0 fully saturated rings. The summed E-state index contributed by atoms with van der Waals surface area (Å²) in [6.45, 7) is 0. The number of alkyl halides is 3. The number of nitrogens with one attached hydrogen (secondary N) is 1. The number of hydrogen-bond donors (Lipinski definition) is 1. The molecular formula is C11H6F3N3S2. The van der Waals surface area contributed by atoms with E-state index in [2.05, 4.69) is 10.1 Å². The molecule has 3 aromatic rings. The van der Waals surface area contributed by atoms with Gasteiger partial charge in [0.1, 0.15) is 10.3 Å². The Morgan fingerprint density at radius 3 is 2.74 bits per heavy atom. The van der Waals surface area contributed by atoms with Gasteiger partial charge < -0.3 is 0 Å². The Labute approximate surface area is 114 Å². The fourth-order valence-corrected chi connectivity index (χ4v) is 2.64. The van der Waals surface area contributed by atoms with Crippen molar-refractivity contribution < 1.29 is 13.2 Å². The predicted molar refractivity (Wildman–Crippen MR) is 68.7 cm³/mol. The average Bonchev–Trinajstić information content (AvgIpc) is 2.95. The lowest BCUT2D eigenvalue weighted by Crippen LogP contribution is -2.09. The van der Waals surface area contributed by atoms with Gasteiger partial charge in [-0.05, 0) is 11.4 Å². The van der Waals surface area contributed by atoms with E-state index in [-0.39, 0.29) is 10.3 Å². The van der Waals surface area contributed by atoms with Crippen molar-refractivity contribution in [2.75, 3.05) is 0 Å². The number of halogens is 3. The van der Waals surface area contributed by atoms with Crippen molar-refractivity contribution in [2.45, 2.75) is 6.18 Å². The fourth-order valence-electron chi connectivity index (χ4n) is 1.69. The van der Waals surface area contributed by atoms with E-state index in [1.807, 2.05) is 17.5 Å². The van der Waals surface area contributed by atoms with E-state index in [9.17, 15) is 13.2 Å². The summed E-state index contributed by atoms with van der Waals surface area (Å²) in [6, 6.07) is 6.12. The van der Waals surface area contributed by atoms with E-state index in [1.165, 1.54) is 15.9 Å². The van der Waals surface area contributed by atoms with E-state index in [1.54, 1.807) is 6.07 Å². The zero-order valence-corrected chi connectivity index (χ0v) is 10.9. The van der Waals surface area contributed by atoms with Crippen molar-refractivity contribution >= 4 is 29.2 Å². The molecule has 0 amide bonds. The highest BCUT2D eigenvalue weighted by Gasteiger charge is 2.33. The highest BCUT2D eigenvalue weighted by Crippen LogP contribution is 2.29. The smallest absolute Gasteiger partial charge is 0.290 e. The fraction of sp³-hybridized carbons (Fsp3) is 0.0909. The molecule has 0 aliphatic carbocycles. The predicted octanol–water partition coefficient (Wildman–Crippen LogP) is 4.14. The molecule has 3 aromatic heterocycles. The average molecular weight is 301 g/mol. The first-order valence-corrected chi connectivity index (χ1v) is 6.48. The van der Waals surface area contributed by atoms with Crippen molar-refractivity contribution in [2.24, 2.45) is 0 Å². The third kappa shape index (κ3) is 2.17. The third-order valence-electron chi connectivity index (χ3n) is 2.53. The number of fused-ring (bicyclic) bond motifs is 1. The summed E-state index contributed by atoms with van der Waals surface area (Å²) in [5, 5.41) is 4.82. The molecule has 0 aromatic carbocycles. The second-order valence-corrected chi connectivity index (χ2v) is 5.18. The summed E-state index contributed by atoms with van der Waals surface area (Å²) < 4.78 is 39.4. The summed E-state index contributed by atoms with van der Waals surface area (Å²) in [7, 11) is 0. The molecule has 1 N–H and O–H groups in total. The Morgan fingerprint density at radius 1 is 1.32 bits per heavy atom. The summed E-state index contributed by atoms with van der Waals surface area (Å²) in [5.41, 5.74) is -0.134. The molecule has 0 saturated heterocycles. The van der Waals surface area contributed by atoms with Crippen LogP contribution in [0.4, 0.5) is 13.2 Å². The standard InChI is InChI=1S/C11H6F3N3S2/c12-11(13,14)8-5-10(18)17-9(15-8)4-6(16-17)7-2-1-3-19-7/h1-5,16H. The Bertz CT molecular complexity index is 784. The van der Waals surface area contributed by atoms with Gasteiger partial charge in [0.2, 0.25) is 0 Å². The number of thiophene rings is 1. The van der Waals surface area contributed by atoms with Gasteiger partial charge in [0, 0.05) is 12.1 Å². The monoisotopic (exact) mass is 301 g/mol. The number of H-pyrrole nitrogens is 1. The van der Waals surface area contributed by atoms with Crippen LogP contribution < -0.4 is 0 Å². The molecule has 0 bridgehead atoms. The van der Waals surface area contributed by atoms with Crippen LogP contribution in [0.3, 0.4) is 0 Å². The maximum absolute atomic E-state index is 12.6. The Hall–Kier alpha value is -1.67. The van der Waals surface area contributed by atoms with Gasteiger partial charge in [0.05, 0.1) is 10.6 Å². The lowest BCUT2D eigenvalue weighted by Gasteiger charge is -2.05. The van der Waals surface area contributed by atoms with Gasteiger partial charge in [-0.15, -0.1) is 11.3 Å². The van der Waals surface area contributed by atoms with E-state index >= 15 is 0 Å². The topological polar surface area (TPSA) is 33.1 Å². The number of hydrogen-bond acceptors (Lipinski definition) is 3. The Kier molecular flexibility index (Phi) is 2.72. The van der Waals surface area contributed by atoms with Gasteiger partial charge in [-0.25, -0.2) is 9.50 Å². The zero-order valence-electron chi connectivity index (χ0n) is 9.23. The molecule has 3 rings (SSSR count). The number of rotatable bonds is 1. The summed E-state index contributed by atoms with van der Waals surface area (Å²) in [6.07, 6.45) is -4.50. The van der Waals surface area contributed by atoms with Gasteiger partial charge >= 0.3 is 6.18 Å². The molecule has 8 heteroatoms. The van der Waals surface area contributed by atoms with Crippen molar-refractivity contribution in [1.29, 1.82) is 0 Å². The first kappa shape index (κ1) is 12.4. The summed E-state index contributed by atoms with van der Waals surface area (Å²) in [5.74, 6) is 0. The molecule has 0 unspecified atom stereocenters. The molecule has 0 spiro atoms. The van der Waals surface area contributed by atoms with Gasteiger partial charge in [0.25, 0.3) is 0 Å². The number of aromatic amines is 1. The molecule has 19 heavy (non-hydrogen) atoms. The second kappa shape index (κ2) is 4.17. The lowest BCUT2D eigenvalue weighted by atomic mass is 10.3. The molecular weight excluding hydrogens is 295 g/mol. The van der Waals surface area contributed by atoms with Crippen LogP contribution in [0.1, 0.15) is 5.69 Å². The number of aromatic nitrogens is 3. The summed E-state index contributed by atoms with van der Waals surface area (Å²) >= 11 is 6.43. The minimum atomic E-state index is -4.50. The van der Waals surface area contributed by atoms with Crippen molar-refractivity contribution in [3.8, 4) is 10.6 Å². The van der Waals surface area contributed by atoms with Crippen LogP contribution in [0.5, 0.6) is 0 Å². The Balaban J connectivity index is 2.24. The van der Waals surface area contributed by atoms with E-state index in [0.717, 1.165) is 10.9 Å². The summed E-state index contributed by atoms with van der Waals surface area (Å²) in [4.78, 5) is 4.49. The minimum absolute atomic E-state index is 0.0418. The molecule has 3 nitrogen and oxygen atoms in total. The molecule has 0 atom stereocenters. The molecule has 0 aliphatic heterocycles. The van der Waals surface area contributed by atoms with E-state index in [4.69, 9.17) is 12.2 Å². The highest BCUT2D eigenvalue weighted by atomic mass is 32.1. The van der Waals surface area contributed by atoms with Crippen molar-refractivity contribution in [1.82, 2.24) is 14.6 Å². The van der Waals surface area contributed by atoms with Gasteiger partial charge in [-0.1, -0.05) is 18.3 Å². The number of nitrogens with zero attached hydrogens (tertiary/aromatic N) is 2. The minimum Gasteiger partial charge on any atom is -0.290 e. The van der Waals surface area contributed by atoms with E-state index < -0.39 is 11.9 Å². The quantitative estimate of drug-likeness (QED) is 0.685. The van der Waals surface area contributed by atoms with Crippen LogP contribution in [0, 0.1) is 4.64 Å². The zero-order chi connectivity index (χ0) is 13.6. The maximum atomic E-state index is 12.6. The molecule has 0 aliphatic rings. The molecule has 3 heterocycles. The normalized spacial score (nSPS) is 12.2. The largest absolute Gasteiger partial charge is 0.433 e. The molecule has 0 radical (unpaired) electrons. The van der Waals surface area contributed by atoms with Crippen LogP contribution in [0.25, 0.3) is 16.2 Å². The SMILES string of the molecule is FC(F)(F)c1cc(=S)n2[nH]c(-c3cccs3)cc2n1. The second-order valence-electron chi connectivity index (χ2n) is 3.82. The van der Waals surface area contributed by atoms with Crippen molar-refractivity contribution in [3.05, 3.63) is 40.0 Å². The van der Waals surface area contributed by atoms with Crippen molar-refractivity contribution in [3.63, 3.8) is 0 Å². The maximum Gasteiger partial charge on any atom is 0.433 e. The van der Waals surface area contributed by atoms with Gasteiger partial charge in [0.15, 0.2) is 5.65 Å². The lowest BCUT2D eigenvalue weighted by molar-refractivity contribution is -0.141. The highest BCUT2D eigenvalue weighted by molar-refractivity contribution is 7.71. The van der Waals surface area contributed by atoms with Crippen LogP contribution in [-0.2, 0) is 6.18 Å². The van der Waals surface area contributed by atoms with Gasteiger partial charge in [-0.3, -0.25) is 5.10 Å². The first-order chi connectivity index (χ1) is 8.95. The van der Waals surface area contributed by atoms with Crippen LogP contribution in [0.2, 0.25) is 0 Å². The van der Waals surface area contributed by atoms with Crippen LogP contribution >= 0.6 is 23.6 Å². The third-order valence-corrected chi connectivity index (χ3v) is 3.73. The molecule has 0 saturated carbocycles. The van der Waals surface area contributed by atoms with E-state index in [0.29, 0.717) is 5.69 Å². The van der Waals surface area contributed by atoms with Gasteiger partial charge in [-0.2, -0.15) is 13.2 Å². The Morgan fingerprint density at radius 2 is 2.11 bits per heavy atom. The van der Waals surface area contributed by atoms with Crippen LogP contribution in [0.15, 0.2) is 29.6 Å². The first-order valence-electron chi connectivity index (χ1n) is 5.19. The van der Waals surface area contributed by atoms with Crippen LogP contribution in [-0.4, -0.2) is 14.6 Å². The molecule has 98 valence electrons.